The number of aromatic nitrogens is 2. The van der Waals surface area contributed by atoms with E-state index in [-0.39, 0.29) is 18.2 Å². The second-order valence-electron chi connectivity index (χ2n) is 7.91. The van der Waals surface area contributed by atoms with Gasteiger partial charge < -0.3 is 9.84 Å². The Morgan fingerprint density at radius 2 is 1.84 bits per heavy atom. The number of carbonyl (C=O) groups excluding carboxylic acids is 1. The van der Waals surface area contributed by atoms with Gasteiger partial charge in [0.1, 0.15) is 11.6 Å². The molecule has 1 aromatic carbocycles. The minimum Gasteiger partial charge on any atom is -0.483 e. The zero-order valence-electron chi connectivity index (χ0n) is 16.8. The van der Waals surface area contributed by atoms with E-state index in [0.29, 0.717) is 46.6 Å². The Balaban J connectivity index is 1.47. The lowest BCUT2D eigenvalue weighted by atomic mass is 10.0. The molecule has 1 aliphatic heterocycles. The summed E-state index contributed by atoms with van der Waals surface area (Å²) in [6, 6.07) is 11.3. The molecule has 0 atom stereocenters. The molecule has 1 N–H and O–H groups in total. The zero-order valence-corrected chi connectivity index (χ0v) is 16.8. The van der Waals surface area contributed by atoms with E-state index >= 15 is 0 Å². The molecule has 32 heavy (non-hydrogen) atoms. The predicted molar refractivity (Wildman–Crippen MR) is 109 cm³/mol. The van der Waals surface area contributed by atoms with E-state index in [1.165, 1.54) is 17.2 Å². The van der Waals surface area contributed by atoms with Gasteiger partial charge in [-0.15, -0.1) is 0 Å². The van der Waals surface area contributed by atoms with Crippen LogP contribution in [0.2, 0.25) is 0 Å². The number of alkyl halides is 3. The molecule has 0 spiro atoms. The first-order valence-corrected chi connectivity index (χ1v) is 10.0. The van der Waals surface area contributed by atoms with Crippen molar-refractivity contribution in [3.05, 3.63) is 71.5 Å². The first-order valence-electron chi connectivity index (χ1n) is 10.0. The van der Waals surface area contributed by atoms with Crippen LogP contribution in [0.1, 0.15) is 34.3 Å². The topological polar surface area (TPSA) is 75.5 Å². The summed E-state index contributed by atoms with van der Waals surface area (Å²) in [6.45, 7) is -1.26. The summed E-state index contributed by atoms with van der Waals surface area (Å²) in [5.74, 6) is 0.186. The molecule has 0 radical (unpaired) electrons. The number of amides is 1. The molecule has 1 saturated carbocycles. The fourth-order valence-corrected chi connectivity index (χ4v) is 3.82. The van der Waals surface area contributed by atoms with Crippen LogP contribution < -0.4 is 9.64 Å². The summed E-state index contributed by atoms with van der Waals surface area (Å²) in [6.07, 6.45) is -0.0788. The van der Waals surface area contributed by atoms with Gasteiger partial charge in [0.05, 0.1) is 17.8 Å². The molecule has 3 aromatic rings. The summed E-state index contributed by atoms with van der Waals surface area (Å²) in [7, 11) is 0. The molecule has 9 heteroatoms. The number of aliphatic hydroxyl groups is 1. The van der Waals surface area contributed by atoms with E-state index < -0.39 is 18.4 Å². The number of carbonyl (C=O) groups is 1. The van der Waals surface area contributed by atoms with Gasteiger partial charge in [-0.2, -0.15) is 13.2 Å². The van der Waals surface area contributed by atoms with Crippen molar-refractivity contribution in [1.82, 2.24) is 9.97 Å². The van der Waals surface area contributed by atoms with Crippen molar-refractivity contribution in [3.63, 3.8) is 0 Å². The van der Waals surface area contributed by atoms with Gasteiger partial charge in [-0.05, 0) is 37.1 Å². The minimum atomic E-state index is -4.47. The Labute approximate surface area is 181 Å². The van der Waals surface area contributed by atoms with Crippen LogP contribution in [-0.2, 0) is 12.1 Å². The first-order chi connectivity index (χ1) is 15.3. The average molecular weight is 441 g/mol. The molecule has 1 aliphatic carbocycles. The van der Waals surface area contributed by atoms with Crippen molar-refractivity contribution in [2.75, 3.05) is 11.5 Å². The van der Waals surface area contributed by atoms with Gasteiger partial charge in [0.2, 0.25) is 0 Å². The monoisotopic (exact) mass is 441 g/mol. The third-order valence-electron chi connectivity index (χ3n) is 5.67. The fourth-order valence-electron chi connectivity index (χ4n) is 3.82. The Bertz CT molecular complexity index is 1190. The van der Waals surface area contributed by atoms with Crippen LogP contribution in [-0.4, -0.2) is 33.8 Å². The standard InChI is InChI=1S/C23H18F3N3O3/c24-23(25,26)13-32-18-4-2-1-3-16(18)20-17-12-29(21(30)15(17)7-10-27-20)19-6-5-14(11-28-19)22(31)8-9-22/h1-7,10-11,31H,8-9,12-13H2. The summed E-state index contributed by atoms with van der Waals surface area (Å²) in [5.41, 5.74) is 1.66. The molecule has 5 rings (SSSR count). The van der Waals surface area contributed by atoms with Gasteiger partial charge in [0.15, 0.2) is 6.61 Å². The number of hydrogen-bond acceptors (Lipinski definition) is 5. The molecule has 0 bridgehead atoms. The van der Waals surface area contributed by atoms with Gasteiger partial charge in [0, 0.05) is 34.6 Å². The van der Waals surface area contributed by atoms with E-state index in [1.54, 1.807) is 42.6 Å². The van der Waals surface area contributed by atoms with Crippen LogP contribution >= 0.6 is 0 Å². The summed E-state index contributed by atoms with van der Waals surface area (Å²) >= 11 is 0. The normalized spacial score (nSPS) is 16.8. The quantitative estimate of drug-likeness (QED) is 0.642. The van der Waals surface area contributed by atoms with Crippen molar-refractivity contribution < 1.29 is 27.8 Å². The van der Waals surface area contributed by atoms with Crippen LogP contribution in [0, 0.1) is 0 Å². The third-order valence-corrected chi connectivity index (χ3v) is 5.67. The maximum absolute atomic E-state index is 13.0. The number of benzene rings is 1. The predicted octanol–water partition coefficient (Wildman–Crippen LogP) is 4.23. The largest absolute Gasteiger partial charge is 0.483 e. The maximum atomic E-state index is 13.0. The van der Waals surface area contributed by atoms with Crippen molar-refractivity contribution in [2.24, 2.45) is 0 Å². The Kier molecular flexibility index (Phi) is 4.67. The van der Waals surface area contributed by atoms with Gasteiger partial charge in [0.25, 0.3) is 5.91 Å². The van der Waals surface area contributed by atoms with Crippen molar-refractivity contribution in [3.8, 4) is 17.0 Å². The first kappa shape index (κ1) is 20.4. The van der Waals surface area contributed by atoms with Crippen LogP contribution in [0.5, 0.6) is 5.75 Å². The highest BCUT2D eigenvalue weighted by atomic mass is 19.4. The highest BCUT2D eigenvalue weighted by Crippen LogP contribution is 2.45. The van der Waals surface area contributed by atoms with Gasteiger partial charge >= 0.3 is 6.18 Å². The smallest absolute Gasteiger partial charge is 0.422 e. The average Bonchev–Trinajstić information content (AvgIpc) is 3.45. The SMILES string of the molecule is O=C1c2ccnc(-c3ccccc3OCC(F)(F)F)c2CN1c1ccc(C2(O)CC2)cn1. The van der Waals surface area contributed by atoms with Crippen LogP contribution in [0.25, 0.3) is 11.3 Å². The molecular formula is C23H18F3N3O3. The minimum absolute atomic E-state index is 0.0387. The Hall–Kier alpha value is -3.46. The van der Waals surface area contributed by atoms with Gasteiger partial charge in [-0.3, -0.25) is 14.7 Å². The lowest BCUT2D eigenvalue weighted by Crippen LogP contribution is -2.24. The van der Waals surface area contributed by atoms with Crippen molar-refractivity contribution >= 4 is 11.7 Å². The van der Waals surface area contributed by atoms with Gasteiger partial charge in [-0.25, -0.2) is 4.98 Å². The van der Waals surface area contributed by atoms with Gasteiger partial charge in [-0.1, -0.05) is 18.2 Å². The molecular weight excluding hydrogens is 423 g/mol. The molecule has 1 amide bonds. The molecule has 0 unspecified atom stereocenters. The molecule has 1 fully saturated rings. The summed E-state index contributed by atoms with van der Waals surface area (Å²) in [5, 5.41) is 10.2. The Morgan fingerprint density at radius 1 is 1.06 bits per heavy atom. The highest BCUT2D eigenvalue weighted by Gasteiger charge is 2.42. The fraction of sp³-hybridized carbons (Fsp3) is 0.261. The summed E-state index contributed by atoms with van der Waals surface area (Å²) in [4.78, 5) is 23.2. The second-order valence-corrected chi connectivity index (χ2v) is 7.91. The number of fused-ring (bicyclic) bond motifs is 1. The van der Waals surface area contributed by atoms with Crippen LogP contribution in [0.4, 0.5) is 19.0 Å². The number of pyridine rings is 2. The number of anilines is 1. The van der Waals surface area contributed by atoms with E-state index in [2.05, 4.69) is 9.97 Å². The van der Waals surface area contributed by atoms with E-state index in [1.807, 2.05) is 0 Å². The van der Waals surface area contributed by atoms with E-state index in [9.17, 15) is 23.1 Å². The third kappa shape index (κ3) is 3.69. The number of para-hydroxylation sites is 1. The number of nitrogens with zero attached hydrogens (tertiary/aromatic N) is 3. The van der Waals surface area contributed by atoms with Crippen LogP contribution in [0.15, 0.2) is 54.9 Å². The molecule has 2 aliphatic rings. The Morgan fingerprint density at radius 3 is 2.53 bits per heavy atom. The molecule has 0 saturated heterocycles. The second kappa shape index (κ2) is 7.30. The van der Waals surface area contributed by atoms with E-state index in [4.69, 9.17) is 4.74 Å². The van der Waals surface area contributed by atoms with Crippen molar-refractivity contribution in [2.45, 2.75) is 31.2 Å². The molecule has 6 nitrogen and oxygen atoms in total. The number of halogens is 3. The summed E-state index contributed by atoms with van der Waals surface area (Å²) < 4.78 is 43.0. The molecule has 3 heterocycles. The maximum Gasteiger partial charge on any atom is 0.422 e. The van der Waals surface area contributed by atoms with Crippen molar-refractivity contribution in [1.29, 1.82) is 0 Å². The zero-order chi connectivity index (χ0) is 22.5. The number of rotatable bonds is 5. The number of ether oxygens (including phenoxy) is 1. The van der Waals surface area contributed by atoms with E-state index in [0.717, 1.165) is 0 Å². The molecule has 2 aromatic heterocycles. The van der Waals surface area contributed by atoms with Crippen LogP contribution in [0.3, 0.4) is 0 Å². The lowest BCUT2D eigenvalue weighted by molar-refractivity contribution is -0.153. The lowest BCUT2D eigenvalue weighted by Gasteiger charge is -2.16. The highest BCUT2D eigenvalue weighted by molar-refractivity contribution is 6.10. The molecule has 164 valence electrons. The number of hydrogen-bond donors (Lipinski definition) is 1.